The predicted octanol–water partition coefficient (Wildman–Crippen LogP) is 3.12. The van der Waals surface area contributed by atoms with Gasteiger partial charge in [0.1, 0.15) is 5.82 Å². The zero-order valence-corrected chi connectivity index (χ0v) is 15.3. The molecule has 1 aliphatic heterocycles. The Balaban J connectivity index is 0.00000242. The molecule has 1 aromatic carbocycles. The van der Waals surface area contributed by atoms with Crippen molar-refractivity contribution in [2.75, 3.05) is 20.1 Å². The van der Waals surface area contributed by atoms with Crippen LogP contribution >= 0.6 is 24.0 Å². The van der Waals surface area contributed by atoms with Gasteiger partial charge in [-0.05, 0) is 37.0 Å². The normalized spacial score (nSPS) is 15.9. The van der Waals surface area contributed by atoms with Gasteiger partial charge in [-0.1, -0.05) is 6.92 Å². The van der Waals surface area contributed by atoms with Crippen LogP contribution in [0.3, 0.4) is 0 Å². The number of hydrogen-bond donors (Lipinski definition) is 1. The molecule has 4 nitrogen and oxygen atoms in total. The molecule has 22 heavy (non-hydrogen) atoms. The largest absolute Gasteiger partial charge is 0.352 e. The number of halogens is 2. The van der Waals surface area contributed by atoms with Crippen LogP contribution in [0.15, 0.2) is 23.2 Å². The fourth-order valence-electron chi connectivity index (χ4n) is 2.51. The predicted molar refractivity (Wildman–Crippen MR) is 96.7 cm³/mol. The summed E-state index contributed by atoms with van der Waals surface area (Å²) in [7, 11) is 1.74. The standard InChI is InChI=1S/C16H21FN4.HI/c1-12-5-7-21(8-6-12)16(19-2)20-11-14-9-13(10-18)3-4-15(14)17;/h3-4,9,12H,5-8,11H2,1-2H3,(H,19,20);1H. The summed E-state index contributed by atoms with van der Waals surface area (Å²) in [6.45, 7) is 4.54. The third kappa shape index (κ3) is 4.83. The molecule has 0 aromatic heterocycles. The van der Waals surface area contributed by atoms with Crippen molar-refractivity contribution in [2.24, 2.45) is 10.9 Å². The summed E-state index contributed by atoms with van der Waals surface area (Å²) in [5.41, 5.74) is 0.954. The van der Waals surface area contributed by atoms with Crippen LogP contribution in [0.5, 0.6) is 0 Å². The van der Waals surface area contributed by atoms with Crippen molar-refractivity contribution >= 4 is 29.9 Å². The van der Waals surface area contributed by atoms with E-state index in [1.165, 1.54) is 12.1 Å². The first-order valence-corrected chi connectivity index (χ1v) is 7.28. The van der Waals surface area contributed by atoms with E-state index < -0.39 is 0 Å². The number of nitriles is 1. The third-order valence-electron chi connectivity index (χ3n) is 3.91. The van der Waals surface area contributed by atoms with Crippen LogP contribution in [0.2, 0.25) is 0 Å². The maximum absolute atomic E-state index is 13.8. The van der Waals surface area contributed by atoms with Gasteiger partial charge in [0.05, 0.1) is 11.6 Å². The van der Waals surface area contributed by atoms with E-state index in [1.54, 1.807) is 13.1 Å². The first kappa shape index (κ1) is 18.7. The summed E-state index contributed by atoms with van der Waals surface area (Å²) in [5.74, 6) is 1.25. The Morgan fingerprint density at radius 1 is 1.45 bits per heavy atom. The molecule has 0 unspecified atom stereocenters. The Hall–Kier alpha value is -1.36. The smallest absolute Gasteiger partial charge is 0.193 e. The van der Waals surface area contributed by atoms with Crippen LogP contribution in [0.25, 0.3) is 0 Å². The van der Waals surface area contributed by atoms with Crippen molar-refractivity contribution in [1.82, 2.24) is 10.2 Å². The molecule has 2 rings (SSSR count). The SMILES string of the molecule is CN=C(NCc1cc(C#N)ccc1F)N1CCC(C)CC1.I. The Bertz CT molecular complexity index is 560. The first-order valence-electron chi connectivity index (χ1n) is 7.28. The van der Waals surface area contributed by atoms with E-state index in [1.807, 2.05) is 6.07 Å². The molecule has 0 atom stereocenters. The van der Waals surface area contributed by atoms with E-state index in [2.05, 4.69) is 22.1 Å². The molecular weight excluding hydrogens is 394 g/mol. The molecule has 0 bridgehead atoms. The molecule has 6 heteroatoms. The fourth-order valence-corrected chi connectivity index (χ4v) is 2.51. The number of nitrogens with one attached hydrogen (secondary N) is 1. The van der Waals surface area contributed by atoms with E-state index in [4.69, 9.17) is 5.26 Å². The number of rotatable bonds is 2. The molecule has 1 aromatic rings. The molecule has 0 spiro atoms. The van der Waals surface area contributed by atoms with Crippen LogP contribution in [-0.4, -0.2) is 31.0 Å². The van der Waals surface area contributed by atoms with Crippen LogP contribution in [0, 0.1) is 23.1 Å². The second-order valence-corrected chi connectivity index (χ2v) is 5.49. The van der Waals surface area contributed by atoms with E-state index in [9.17, 15) is 4.39 Å². The Morgan fingerprint density at radius 3 is 2.73 bits per heavy atom. The van der Waals surface area contributed by atoms with E-state index in [0.29, 0.717) is 17.7 Å². The molecule has 0 aliphatic carbocycles. The molecule has 1 heterocycles. The van der Waals surface area contributed by atoms with Crippen molar-refractivity contribution in [3.63, 3.8) is 0 Å². The molecule has 1 aliphatic rings. The van der Waals surface area contributed by atoms with Gasteiger partial charge in [-0.3, -0.25) is 4.99 Å². The minimum atomic E-state index is -0.302. The highest BCUT2D eigenvalue weighted by Gasteiger charge is 2.18. The Morgan fingerprint density at radius 2 is 2.14 bits per heavy atom. The van der Waals surface area contributed by atoms with Crippen LogP contribution in [0.4, 0.5) is 4.39 Å². The lowest BCUT2D eigenvalue weighted by molar-refractivity contribution is 0.273. The number of hydrogen-bond acceptors (Lipinski definition) is 2. The summed E-state index contributed by atoms with van der Waals surface area (Å²) in [6.07, 6.45) is 2.30. The van der Waals surface area contributed by atoms with Crippen molar-refractivity contribution in [3.8, 4) is 6.07 Å². The van der Waals surface area contributed by atoms with Crippen molar-refractivity contribution in [3.05, 3.63) is 35.1 Å². The molecular formula is C16H22FIN4. The number of guanidine groups is 1. The molecule has 0 amide bonds. The highest BCUT2D eigenvalue weighted by atomic mass is 127. The van der Waals surface area contributed by atoms with Crippen molar-refractivity contribution < 1.29 is 4.39 Å². The van der Waals surface area contributed by atoms with Crippen LogP contribution < -0.4 is 5.32 Å². The number of aliphatic imine (C=N–C) groups is 1. The van der Waals surface area contributed by atoms with Gasteiger partial charge in [-0.2, -0.15) is 5.26 Å². The summed E-state index contributed by atoms with van der Waals surface area (Å²) in [6, 6.07) is 6.43. The average Bonchev–Trinajstić information content (AvgIpc) is 2.51. The second kappa shape index (κ2) is 8.93. The topological polar surface area (TPSA) is 51.4 Å². The van der Waals surface area contributed by atoms with Crippen LogP contribution in [0.1, 0.15) is 30.9 Å². The third-order valence-corrected chi connectivity index (χ3v) is 3.91. The summed E-state index contributed by atoms with van der Waals surface area (Å²) in [4.78, 5) is 6.47. The number of nitrogens with zero attached hydrogens (tertiary/aromatic N) is 3. The zero-order chi connectivity index (χ0) is 15.2. The van der Waals surface area contributed by atoms with Gasteiger partial charge in [0.2, 0.25) is 0 Å². The maximum atomic E-state index is 13.8. The van der Waals surface area contributed by atoms with Gasteiger partial charge in [-0.25, -0.2) is 4.39 Å². The second-order valence-electron chi connectivity index (χ2n) is 5.49. The summed E-state index contributed by atoms with van der Waals surface area (Å²) >= 11 is 0. The van der Waals surface area contributed by atoms with Gasteiger partial charge in [0.25, 0.3) is 0 Å². The van der Waals surface area contributed by atoms with Gasteiger partial charge in [0.15, 0.2) is 5.96 Å². The minimum Gasteiger partial charge on any atom is -0.352 e. The average molecular weight is 416 g/mol. The minimum absolute atomic E-state index is 0. The van der Waals surface area contributed by atoms with Crippen LogP contribution in [-0.2, 0) is 6.54 Å². The van der Waals surface area contributed by atoms with Gasteiger partial charge in [-0.15, -0.1) is 24.0 Å². The van der Waals surface area contributed by atoms with Crippen molar-refractivity contribution in [2.45, 2.75) is 26.3 Å². The molecule has 1 fully saturated rings. The maximum Gasteiger partial charge on any atom is 0.193 e. The number of benzene rings is 1. The highest BCUT2D eigenvalue weighted by molar-refractivity contribution is 14.0. The van der Waals surface area contributed by atoms with Crippen molar-refractivity contribution in [1.29, 1.82) is 5.26 Å². The molecule has 0 saturated carbocycles. The summed E-state index contributed by atoms with van der Waals surface area (Å²) < 4.78 is 13.8. The fraction of sp³-hybridized carbons (Fsp3) is 0.500. The van der Waals surface area contributed by atoms with Gasteiger partial charge >= 0.3 is 0 Å². The molecule has 1 saturated heterocycles. The van der Waals surface area contributed by atoms with Gasteiger partial charge in [0, 0.05) is 32.2 Å². The Kier molecular flexibility index (Phi) is 7.59. The number of piperidine rings is 1. The van der Waals surface area contributed by atoms with E-state index in [0.717, 1.165) is 37.8 Å². The Labute approximate surface area is 148 Å². The molecule has 0 radical (unpaired) electrons. The lowest BCUT2D eigenvalue weighted by Crippen LogP contribution is -2.45. The van der Waals surface area contributed by atoms with E-state index >= 15 is 0 Å². The lowest BCUT2D eigenvalue weighted by Gasteiger charge is -2.32. The zero-order valence-electron chi connectivity index (χ0n) is 13.0. The monoisotopic (exact) mass is 416 g/mol. The molecule has 120 valence electrons. The van der Waals surface area contributed by atoms with Gasteiger partial charge < -0.3 is 10.2 Å². The van der Waals surface area contributed by atoms with E-state index in [-0.39, 0.29) is 29.8 Å². The lowest BCUT2D eigenvalue weighted by atomic mass is 9.99. The quantitative estimate of drug-likeness (QED) is 0.458. The highest BCUT2D eigenvalue weighted by Crippen LogP contribution is 2.16. The first-order chi connectivity index (χ1) is 10.1. The molecule has 1 N–H and O–H groups in total. The number of likely N-dealkylation sites (tertiary alicyclic amines) is 1. The summed E-state index contributed by atoms with van der Waals surface area (Å²) in [5, 5.41) is 12.1.